The van der Waals surface area contributed by atoms with Gasteiger partial charge in [0.25, 0.3) is 0 Å². The highest BCUT2D eigenvalue weighted by molar-refractivity contribution is 9.10. The third-order valence-corrected chi connectivity index (χ3v) is 4.72. The number of hydrogen-bond acceptors (Lipinski definition) is 3. The van der Waals surface area contributed by atoms with Crippen LogP contribution in [-0.4, -0.2) is 17.3 Å². The molecule has 0 aromatic heterocycles. The molecule has 3 nitrogen and oxygen atoms in total. The second-order valence-electron chi connectivity index (χ2n) is 6.80. The first-order valence-electron chi connectivity index (χ1n) is 6.99. The second-order valence-corrected chi connectivity index (χ2v) is 7.72. The van der Waals surface area contributed by atoms with E-state index in [1.807, 2.05) is 13.8 Å². The van der Waals surface area contributed by atoms with Crippen LogP contribution in [-0.2, 0) is 9.59 Å². The lowest BCUT2D eigenvalue weighted by molar-refractivity contribution is -0.146. The lowest BCUT2D eigenvalue weighted by atomic mass is 9.62. The minimum Gasteiger partial charge on any atom is -0.299 e. The Balaban J connectivity index is 2.21. The molecule has 1 saturated carbocycles. The summed E-state index contributed by atoms with van der Waals surface area (Å²) in [6.45, 7) is 5.45. The topological polar surface area (TPSA) is 51.2 Å². The van der Waals surface area contributed by atoms with Gasteiger partial charge in [-0.3, -0.25) is 14.4 Å². The summed E-state index contributed by atoms with van der Waals surface area (Å²) in [7, 11) is 0. The van der Waals surface area contributed by atoms with Crippen molar-refractivity contribution in [2.45, 2.75) is 40.0 Å². The number of hydrogen-bond donors (Lipinski definition) is 0. The van der Waals surface area contributed by atoms with E-state index in [9.17, 15) is 14.4 Å². The second kappa shape index (κ2) is 5.48. The van der Waals surface area contributed by atoms with Crippen molar-refractivity contribution >= 4 is 33.3 Å². The smallest absolute Gasteiger partial charge is 0.164 e. The summed E-state index contributed by atoms with van der Waals surface area (Å²) in [6.07, 6.45) is 0.661. The highest BCUT2D eigenvalue weighted by Crippen LogP contribution is 2.42. The fourth-order valence-corrected chi connectivity index (χ4v) is 3.00. The molecule has 0 atom stereocenters. The zero-order valence-corrected chi connectivity index (χ0v) is 14.1. The molecule has 21 heavy (non-hydrogen) atoms. The predicted octanol–water partition coefficient (Wildman–Crippen LogP) is 3.99. The van der Waals surface area contributed by atoms with Crippen LogP contribution in [0.4, 0.5) is 0 Å². The van der Waals surface area contributed by atoms with Crippen molar-refractivity contribution < 1.29 is 14.4 Å². The molecule has 0 N–H and O–H groups in total. The first-order chi connectivity index (χ1) is 9.64. The summed E-state index contributed by atoms with van der Waals surface area (Å²) in [6, 6.07) is 6.97. The summed E-state index contributed by atoms with van der Waals surface area (Å²) in [5.41, 5.74) is -0.932. The average molecular weight is 351 g/mol. The summed E-state index contributed by atoms with van der Waals surface area (Å²) in [5, 5.41) is 0. The molecule has 4 heteroatoms. The molecule has 0 saturated heterocycles. The number of ketones is 3. The minimum atomic E-state index is -1.17. The minimum absolute atomic E-state index is 0.0393. The van der Waals surface area contributed by atoms with Gasteiger partial charge < -0.3 is 0 Å². The van der Waals surface area contributed by atoms with Gasteiger partial charge in [0.1, 0.15) is 11.6 Å². The maximum absolute atomic E-state index is 12.4. The zero-order chi connectivity index (χ0) is 15.8. The van der Waals surface area contributed by atoms with E-state index in [1.165, 1.54) is 0 Å². The van der Waals surface area contributed by atoms with E-state index < -0.39 is 5.41 Å². The fourth-order valence-electron chi connectivity index (χ4n) is 2.73. The van der Waals surface area contributed by atoms with Gasteiger partial charge in [0.2, 0.25) is 0 Å². The van der Waals surface area contributed by atoms with Crippen molar-refractivity contribution in [3.05, 3.63) is 34.3 Å². The molecule has 0 radical (unpaired) electrons. The molecule has 1 aliphatic rings. The summed E-state index contributed by atoms with van der Waals surface area (Å²) in [4.78, 5) is 37.1. The molecule has 1 fully saturated rings. The van der Waals surface area contributed by atoms with Crippen LogP contribution < -0.4 is 0 Å². The number of carbonyl (C=O) groups excluding carboxylic acids is 3. The van der Waals surface area contributed by atoms with Gasteiger partial charge in [-0.15, -0.1) is 0 Å². The van der Waals surface area contributed by atoms with Gasteiger partial charge in [-0.05, 0) is 24.5 Å². The van der Waals surface area contributed by atoms with Crippen molar-refractivity contribution in [2.24, 2.45) is 10.8 Å². The van der Waals surface area contributed by atoms with E-state index in [-0.39, 0.29) is 29.2 Å². The molecule has 1 aliphatic carbocycles. The van der Waals surface area contributed by atoms with Crippen molar-refractivity contribution in [2.75, 3.05) is 0 Å². The van der Waals surface area contributed by atoms with Crippen molar-refractivity contribution in [3.63, 3.8) is 0 Å². The van der Waals surface area contributed by atoms with E-state index in [0.29, 0.717) is 18.4 Å². The van der Waals surface area contributed by atoms with Crippen LogP contribution in [0.5, 0.6) is 0 Å². The molecule has 112 valence electrons. The average Bonchev–Trinajstić information content (AvgIpc) is 2.36. The van der Waals surface area contributed by atoms with Gasteiger partial charge in [-0.2, -0.15) is 0 Å². The first kappa shape index (κ1) is 16.1. The van der Waals surface area contributed by atoms with E-state index in [4.69, 9.17) is 0 Å². The van der Waals surface area contributed by atoms with E-state index in [0.717, 1.165) is 4.47 Å². The van der Waals surface area contributed by atoms with Crippen LogP contribution >= 0.6 is 15.9 Å². The Kier molecular flexibility index (Phi) is 4.20. The molecule has 1 aromatic rings. The summed E-state index contributed by atoms with van der Waals surface area (Å²) >= 11 is 3.32. The van der Waals surface area contributed by atoms with E-state index >= 15 is 0 Å². The lowest BCUT2D eigenvalue weighted by Gasteiger charge is -2.38. The molecule has 0 aliphatic heterocycles. The first-order valence-corrected chi connectivity index (χ1v) is 7.79. The SMILES string of the molecule is CC1(C)CC(=O)C(C)(CC(=O)c2ccc(Br)cc2)C(=O)C1. The van der Waals surface area contributed by atoms with Crippen LogP contribution in [0, 0.1) is 10.8 Å². The summed E-state index contributed by atoms with van der Waals surface area (Å²) in [5.74, 6) is -0.394. The highest BCUT2D eigenvalue weighted by atomic mass is 79.9. The van der Waals surface area contributed by atoms with Gasteiger partial charge in [0.05, 0.1) is 5.41 Å². The van der Waals surface area contributed by atoms with Crippen LogP contribution in [0.25, 0.3) is 0 Å². The third kappa shape index (κ3) is 3.31. The highest BCUT2D eigenvalue weighted by Gasteiger charge is 2.49. The molecule has 0 bridgehead atoms. The zero-order valence-electron chi connectivity index (χ0n) is 12.5. The molecule has 0 spiro atoms. The van der Waals surface area contributed by atoms with Crippen LogP contribution in [0.2, 0.25) is 0 Å². The van der Waals surface area contributed by atoms with E-state index in [1.54, 1.807) is 31.2 Å². The van der Waals surface area contributed by atoms with Crippen molar-refractivity contribution in [1.82, 2.24) is 0 Å². The van der Waals surface area contributed by atoms with Gasteiger partial charge >= 0.3 is 0 Å². The Morgan fingerprint density at radius 3 is 2.00 bits per heavy atom. The molecular weight excluding hydrogens is 332 g/mol. The normalized spacial score (nSPS) is 20.4. The Morgan fingerprint density at radius 2 is 1.52 bits per heavy atom. The number of rotatable bonds is 3. The van der Waals surface area contributed by atoms with Crippen LogP contribution in [0.15, 0.2) is 28.7 Å². The van der Waals surface area contributed by atoms with Gasteiger partial charge in [-0.1, -0.05) is 41.9 Å². The monoisotopic (exact) mass is 350 g/mol. The number of Topliss-reactive ketones (excluding diaryl/α,β-unsaturated/α-hetero) is 3. The quantitative estimate of drug-likeness (QED) is 0.611. The lowest BCUT2D eigenvalue weighted by Crippen LogP contribution is -2.46. The van der Waals surface area contributed by atoms with Gasteiger partial charge in [0, 0.05) is 29.3 Å². The largest absolute Gasteiger partial charge is 0.299 e. The number of halogens is 1. The number of benzene rings is 1. The molecule has 0 unspecified atom stereocenters. The van der Waals surface area contributed by atoms with Gasteiger partial charge in [-0.25, -0.2) is 0 Å². The van der Waals surface area contributed by atoms with E-state index in [2.05, 4.69) is 15.9 Å². The maximum Gasteiger partial charge on any atom is 0.164 e. The van der Waals surface area contributed by atoms with Gasteiger partial charge in [0.15, 0.2) is 5.78 Å². The molecule has 2 rings (SSSR count). The third-order valence-electron chi connectivity index (χ3n) is 4.19. The molecule has 0 amide bonds. The van der Waals surface area contributed by atoms with Crippen molar-refractivity contribution in [3.8, 4) is 0 Å². The Morgan fingerprint density at radius 1 is 1.05 bits per heavy atom. The Bertz CT molecular complexity index is 579. The summed E-state index contributed by atoms with van der Waals surface area (Å²) < 4.78 is 0.886. The standard InChI is InChI=1S/C17H19BrO3/c1-16(2)9-14(20)17(3,15(21)10-16)8-13(19)11-4-6-12(18)7-5-11/h4-7H,8-10H2,1-3H3. The Labute approximate surface area is 133 Å². The maximum atomic E-state index is 12.4. The fraction of sp³-hybridized carbons (Fsp3) is 0.471. The van der Waals surface area contributed by atoms with Crippen LogP contribution in [0.1, 0.15) is 50.4 Å². The van der Waals surface area contributed by atoms with Crippen molar-refractivity contribution in [1.29, 1.82) is 0 Å². The number of carbonyl (C=O) groups is 3. The molecule has 1 aromatic carbocycles. The molecule has 0 heterocycles. The predicted molar refractivity (Wildman–Crippen MR) is 84.2 cm³/mol. The Hall–Kier alpha value is -1.29. The van der Waals surface area contributed by atoms with Crippen LogP contribution in [0.3, 0.4) is 0 Å². The molecular formula is C17H19BrO3.